The first kappa shape index (κ1) is 18.4. The van der Waals surface area contributed by atoms with Gasteiger partial charge in [-0.15, -0.1) is 16.4 Å². The maximum Gasteiger partial charge on any atom is 0.167 e. The second-order valence-electron chi connectivity index (χ2n) is 7.26. The number of ether oxygens (including phenoxy) is 2. The zero-order chi connectivity index (χ0) is 19.8. The first-order valence-electron chi connectivity index (χ1n) is 10.3. The van der Waals surface area contributed by atoms with E-state index >= 15 is 0 Å². The Bertz CT molecular complexity index is 1180. The molecule has 0 bridgehead atoms. The fourth-order valence-corrected chi connectivity index (χ4v) is 5.29. The molecule has 4 aromatic rings. The summed E-state index contributed by atoms with van der Waals surface area (Å²) in [5.74, 6) is 2.34. The van der Waals surface area contributed by atoms with Crippen LogP contribution in [0.25, 0.3) is 15.9 Å². The fraction of sp³-hybridized carbons (Fsp3) is 0.409. The van der Waals surface area contributed by atoms with Crippen molar-refractivity contribution in [2.75, 3.05) is 13.2 Å². The van der Waals surface area contributed by atoms with Gasteiger partial charge in [0.15, 0.2) is 23.0 Å². The molecule has 0 fully saturated rings. The molecule has 7 heteroatoms. The van der Waals surface area contributed by atoms with E-state index in [1.807, 2.05) is 41.8 Å². The lowest BCUT2D eigenvalue weighted by Crippen LogP contribution is -2.00. The SMILES string of the molecule is CCOc1ccc(Cc2nc3c4c5c(sc4ncn3n2)CCCC5)cc1OCC. The molecule has 0 saturated heterocycles. The average Bonchev–Trinajstić information content (AvgIpc) is 3.30. The predicted octanol–water partition coefficient (Wildman–Crippen LogP) is 4.61. The number of fused-ring (bicyclic) bond motifs is 5. The molecule has 1 aliphatic carbocycles. The van der Waals surface area contributed by atoms with Crippen molar-refractivity contribution in [1.29, 1.82) is 0 Å². The van der Waals surface area contributed by atoms with Crippen molar-refractivity contribution < 1.29 is 9.47 Å². The van der Waals surface area contributed by atoms with E-state index in [1.165, 1.54) is 28.7 Å². The van der Waals surface area contributed by atoms with Gasteiger partial charge in [-0.25, -0.2) is 14.5 Å². The van der Waals surface area contributed by atoms with Crippen LogP contribution in [0.3, 0.4) is 0 Å². The lowest BCUT2D eigenvalue weighted by molar-refractivity contribution is 0.287. The van der Waals surface area contributed by atoms with E-state index in [0.29, 0.717) is 19.6 Å². The van der Waals surface area contributed by atoms with Gasteiger partial charge in [0.05, 0.1) is 18.6 Å². The van der Waals surface area contributed by atoms with Crippen LogP contribution < -0.4 is 9.47 Å². The monoisotopic (exact) mass is 408 g/mol. The van der Waals surface area contributed by atoms with Gasteiger partial charge in [-0.1, -0.05) is 6.07 Å². The molecule has 0 atom stereocenters. The van der Waals surface area contributed by atoms with Crippen molar-refractivity contribution in [2.24, 2.45) is 0 Å². The van der Waals surface area contributed by atoms with E-state index in [1.54, 1.807) is 6.33 Å². The minimum atomic E-state index is 0.600. The van der Waals surface area contributed by atoms with Gasteiger partial charge < -0.3 is 9.47 Å². The van der Waals surface area contributed by atoms with Crippen LogP contribution in [-0.4, -0.2) is 32.8 Å². The highest BCUT2D eigenvalue weighted by Gasteiger charge is 2.20. The van der Waals surface area contributed by atoms with Crippen molar-refractivity contribution >= 4 is 27.2 Å². The number of thiophene rings is 1. The van der Waals surface area contributed by atoms with E-state index in [-0.39, 0.29) is 0 Å². The molecule has 0 spiro atoms. The van der Waals surface area contributed by atoms with Gasteiger partial charge in [0.25, 0.3) is 0 Å². The van der Waals surface area contributed by atoms with Gasteiger partial charge in [0.1, 0.15) is 11.2 Å². The number of benzene rings is 1. The molecular weight excluding hydrogens is 384 g/mol. The summed E-state index contributed by atoms with van der Waals surface area (Å²) >= 11 is 1.82. The molecule has 150 valence electrons. The van der Waals surface area contributed by atoms with Gasteiger partial charge in [-0.3, -0.25) is 0 Å². The van der Waals surface area contributed by atoms with E-state index in [9.17, 15) is 0 Å². The molecule has 6 nitrogen and oxygen atoms in total. The molecular formula is C22H24N4O2S. The van der Waals surface area contributed by atoms with Crippen LogP contribution >= 0.6 is 11.3 Å². The standard InChI is InChI=1S/C22H24N4O2S/c1-3-27-16-10-9-14(11-17(16)28-4-2)12-19-24-21-20-15-7-5-6-8-18(15)29-22(20)23-13-26(21)25-19/h9-11,13H,3-8,12H2,1-2H3. The van der Waals surface area contributed by atoms with Gasteiger partial charge >= 0.3 is 0 Å². The molecule has 0 aliphatic heterocycles. The molecule has 29 heavy (non-hydrogen) atoms. The molecule has 1 aromatic carbocycles. The topological polar surface area (TPSA) is 61.5 Å². The van der Waals surface area contributed by atoms with Gasteiger partial charge in [0.2, 0.25) is 0 Å². The van der Waals surface area contributed by atoms with E-state index < -0.39 is 0 Å². The van der Waals surface area contributed by atoms with Crippen LogP contribution in [0.5, 0.6) is 11.5 Å². The normalized spacial score (nSPS) is 13.7. The zero-order valence-corrected chi connectivity index (χ0v) is 17.6. The van der Waals surface area contributed by atoms with Crippen LogP contribution in [0.1, 0.15) is 48.5 Å². The molecule has 5 rings (SSSR count). The average molecular weight is 409 g/mol. The Kier molecular flexibility index (Phi) is 4.83. The molecule has 0 N–H and O–H groups in total. The summed E-state index contributed by atoms with van der Waals surface area (Å²) in [5, 5.41) is 5.90. The van der Waals surface area contributed by atoms with Crippen molar-refractivity contribution in [3.05, 3.63) is 46.4 Å². The number of rotatable bonds is 6. The van der Waals surface area contributed by atoms with E-state index in [0.717, 1.165) is 46.2 Å². The van der Waals surface area contributed by atoms with Crippen LogP contribution in [0.2, 0.25) is 0 Å². The molecule has 1 aliphatic rings. The maximum absolute atomic E-state index is 5.76. The summed E-state index contributed by atoms with van der Waals surface area (Å²) in [6.45, 7) is 5.17. The first-order chi connectivity index (χ1) is 14.3. The second-order valence-corrected chi connectivity index (χ2v) is 8.34. The summed E-state index contributed by atoms with van der Waals surface area (Å²) in [6.07, 6.45) is 7.23. The third-order valence-corrected chi connectivity index (χ3v) is 6.51. The van der Waals surface area contributed by atoms with Gasteiger partial charge in [-0.2, -0.15) is 0 Å². The predicted molar refractivity (Wildman–Crippen MR) is 114 cm³/mol. The molecule has 0 unspecified atom stereocenters. The van der Waals surface area contributed by atoms with Crippen molar-refractivity contribution in [1.82, 2.24) is 19.6 Å². The van der Waals surface area contributed by atoms with Crippen molar-refractivity contribution in [3.63, 3.8) is 0 Å². The summed E-state index contributed by atoms with van der Waals surface area (Å²) in [6, 6.07) is 6.05. The number of hydrogen-bond acceptors (Lipinski definition) is 6. The Labute approximate surface area is 173 Å². The van der Waals surface area contributed by atoms with Gasteiger partial charge in [-0.05, 0) is 62.8 Å². The van der Waals surface area contributed by atoms with Crippen molar-refractivity contribution in [3.8, 4) is 11.5 Å². The highest BCUT2D eigenvalue weighted by molar-refractivity contribution is 7.19. The zero-order valence-electron chi connectivity index (χ0n) is 16.8. The summed E-state index contributed by atoms with van der Waals surface area (Å²) < 4.78 is 13.3. The number of aryl methyl sites for hydroxylation is 2. The van der Waals surface area contributed by atoms with Crippen molar-refractivity contribution in [2.45, 2.75) is 46.0 Å². The van der Waals surface area contributed by atoms with E-state index in [2.05, 4.69) is 11.1 Å². The first-order valence-corrected chi connectivity index (χ1v) is 11.1. The molecule has 0 saturated carbocycles. The molecule has 3 aromatic heterocycles. The van der Waals surface area contributed by atoms with Gasteiger partial charge in [0, 0.05) is 11.3 Å². The minimum absolute atomic E-state index is 0.600. The van der Waals surface area contributed by atoms with Crippen LogP contribution in [-0.2, 0) is 19.3 Å². The Hall–Kier alpha value is -2.67. The Morgan fingerprint density at radius 3 is 2.76 bits per heavy atom. The third-order valence-electron chi connectivity index (χ3n) is 5.31. The van der Waals surface area contributed by atoms with E-state index in [4.69, 9.17) is 19.6 Å². The Morgan fingerprint density at radius 1 is 1.07 bits per heavy atom. The lowest BCUT2D eigenvalue weighted by atomic mass is 9.97. The molecule has 0 radical (unpaired) electrons. The number of aromatic nitrogens is 4. The smallest absolute Gasteiger partial charge is 0.167 e. The minimum Gasteiger partial charge on any atom is -0.490 e. The second kappa shape index (κ2) is 7.63. The lowest BCUT2D eigenvalue weighted by Gasteiger charge is -2.11. The highest BCUT2D eigenvalue weighted by atomic mass is 32.1. The number of hydrogen-bond donors (Lipinski definition) is 0. The largest absolute Gasteiger partial charge is 0.490 e. The third kappa shape index (κ3) is 3.33. The summed E-state index contributed by atoms with van der Waals surface area (Å²) in [7, 11) is 0. The Morgan fingerprint density at radius 2 is 1.90 bits per heavy atom. The number of nitrogens with zero attached hydrogens (tertiary/aromatic N) is 4. The molecule has 3 heterocycles. The quantitative estimate of drug-likeness (QED) is 0.466. The highest BCUT2D eigenvalue weighted by Crippen LogP contribution is 2.37. The molecule has 0 amide bonds. The van der Waals surface area contributed by atoms with Crippen LogP contribution in [0, 0.1) is 0 Å². The maximum atomic E-state index is 5.76. The van der Waals surface area contributed by atoms with Crippen LogP contribution in [0.4, 0.5) is 0 Å². The van der Waals surface area contributed by atoms with Crippen LogP contribution in [0.15, 0.2) is 24.5 Å². The summed E-state index contributed by atoms with van der Waals surface area (Å²) in [5.41, 5.74) is 3.47. The fourth-order valence-electron chi connectivity index (χ4n) is 4.06. The Balaban J connectivity index is 1.52. The summed E-state index contributed by atoms with van der Waals surface area (Å²) in [4.78, 5) is 12.1.